The van der Waals surface area contributed by atoms with Gasteiger partial charge in [0.1, 0.15) is 0 Å². The SMILES string of the molecule is CCCCCC1Cn2c3ccccc3c3cccc(c32)/C1=N/OC(=O)C(F)(F)F. The van der Waals surface area contributed by atoms with Crippen LogP contribution < -0.4 is 0 Å². The van der Waals surface area contributed by atoms with Gasteiger partial charge in [0.05, 0.1) is 11.2 Å². The lowest BCUT2D eigenvalue weighted by molar-refractivity contribution is -0.199. The van der Waals surface area contributed by atoms with Crippen molar-refractivity contribution in [3.05, 3.63) is 48.0 Å². The highest BCUT2D eigenvalue weighted by Crippen LogP contribution is 2.37. The zero-order valence-corrected chi connectivity index (χ0v) is 16.0. The maximum absolute atomic E-state index is 12.6. The molecular weight excluding hydrogens is 381 g/mol. The van der Waals surface area contributed by atoms with E-state index >= 15 is 0 Å². The van der Waals surface area contributed by atoms with E-state index in [0.717, 1.165) is 53.1 Å². The molecule has 4 rings (SSSR count). The van der Waals surface area contributed by atoms with Gasteiger partial charge < -0.3 is 9.40 Å². The molecule has 0 spiro atoms. The molecule has 0 radical (unpaired) electrons. The molecule has 0 fully saturated rings. The Bertz CT molecular complexity index is 1100. The first-order valence-corrected chi connectivity index (χ1v) is 9.78. The number of carbonyl (C=O) groups excluding carboxylic acids is 1. The van der Waals surface area contributed by atoms with E-state index in [2.05, 4.69) is 21.5 Å². The Kier molecular flexibility index (Phi) is 5.06. The molecule has 0 aliphatic carbocycles. The van der Waals surface area contributed by atoms with Gasteiger partial charge in [-0.2, -0.15) is 13.2 Å². The van der Waals surface area contributed by atoms with Crippen molar-refractivity contribution in [1.82, 2.24) is 4.57 Å². The molecule has 0 saturated carbocycles. The summed E-state index contributed by atoms with van der Waals surface area (Å²) >= 11 is 0. The van der Waals surface area contributed by atoms with Crippen molar-refractivity contribution in [2.45, 2.75) is 45.3 Å². The molecule has 3 aromatic rings. The molecule has 1 aliphatic heterocycles. The molecule has 152 valence electrons. The van der Waals surface area contributed by atoms with E-state index in [1.54, 1.807) is 0 Å². The van der Waals surface area contributed by atoms with Gasteiger partial charge >= 0.3 is 12.1 Å². The Morgan fingerprint density at radius 1 is 1.14 bits per heavy atom. The number of para-hydroxylation sites is 2. The fourth-order valence-corrected chi connectivity index (χ4v) is 4.17. The number of benzene rings is 2. The van der Waals surface area contributed by atoms with Crippen LogP contribution in [0.3, 0.4) is 0 Å². The number of nitrogens with zero attached hydrogens (tertiary/aromatic N) is 2. The van der Waals surface area contributed by atoms with Crippen LogP contribution in [0.4, 0.5) is 13.2 Å². The Morgan fingerprint density at radius 2 is 1.90 bits per heavy atom. The van der Waals surface area contributed by atoms with Gasteiger partial charge in [0, 0.05) is 34.3 Å². The van der Waals surface area contributed by atoms with Crippen molar-refractivity contribution in [2.75, 3.05) is 0 Å². The van der Waals surface area contributed by atoms with Crippen LogP contribution >= 0.6 is 0 Å². The summed E-state index contributed by atoms with van der Waals surface area (Å²) < 4.78 is 40.0. The number of hydrogen-bond acceptors (Lipinski definition) is 3. The lowest BCUT2D eigenvalue weighted by Crippen LogP contribution is -2.29. The zero-order valence-electron chi connectivity index (χ0n) is 16.0. The van der Waals surface area contributed by atoms with Gasteiger partial charge in [0.2, 0.25) is 0 Å². The second-order valence-electron chi connectivity index (χ2n) is 7.38. The third-order valence-corrected chi connectivity index (χ3v) is 5.47. The lowest BCUT2D eigenvalue weighted by Gasteiger charge is -2.26. The molecule has 1 atom stereocenters. The number of alkyl halides is 3. The number of carbonyl (C=O) groups is 1. The third kappa shape index (κ3) is 3.50. The van der Waals surface area contributed by atoms with Crippen LogP contribution in [-0.4, -0.2) is 22.4 Å². The fraction of sp³-hybridized carbons (Fsp3) is 0.364. The van der Waals surface area contributed by atoms with E-state index in [-0.39, 0.29) is 5.92 Å². The number of unbranched alkanes of at least 4 members (excludes halogenated alkanes) is 2. The van der Waals surface area contributed by atoms with E-state index < -0.39 is 12.1 Å². The molecule has 7 heteroatoms. The number of fused-ring (bicyclic) bond motifs is 3. The summed E-state index contributed by atoms with van der Waals surface area (Å²) in [7, 11) is 0. The Labute approximate surface area is 165 Å². The van der Waals surface area contributed by atoms with Gasteiger partial charge in [0.25, 0.3) is 0 Å². The molecule has 0 amide bonds. The predicted octanol–water partition coefficient (Wildman–Crippen LogP) is 5.81. The Balaban J connectivity index is 1.84. The van der Waals surface area contributed by atoms with Gasteiger partial charge in [-0.15, -0.1) is 0 Å². The monoisotopic (exact) mass is 402 g/mol. The predicted molar refractivity (Wildman–Crippen MR) is 106 cm³/mol. The molecule has 2 heterocycles. The summed E-state index contributed by atoms with van der Waals surface area (Å²) in [6, 6.07) is 13.7. The average molecular weight is 402 g/mol. The van der Waals surface area contributed by atoms with E-state index in [4.69, 9.17) is 0 Å². The standard InChI is InChI=1S/C22H21F3N2O2/c1-2-3-4-8-14-13-27-18-12-6-5-9-15(18)16-10-7-11-17(20(16)27)19(14)26-29-21(28)22(23,24)25/h5-7,9-12,14H,2-4,8,13H2,1H3/b26-19+. The quantitative estimate of drug-likeness (QED) is 0.307. The summed E-state index contributed by atoms with van der Waals surface area (Å²) in [6.45, 7) is 2.69. The number of aromatic nitrogens is 1. The van der Waals surface area contributed by atoms with Crippen LogP contribution in [0.2, 0.25) is 0 Å². The highest BCUT2D eigenvalue weighted by molar-refractivity contribution is 6.19. The molecule has 1 aliphatic rings. The molecule has 1 unspecified atom stereocenters. The first-order chi connectivity index (χ1) is 13.9. The van der Waals surface area contributed by atoms with E-state index in [9.17, 15) is 18.0 Å². The minimum absolute atomic E-state index is 0.128. The maximum atomic E-state index is 12.6. The summed E-state index contributed by atoms with van der Waals surface area (Å²) in [5, 5.41) is 5.84. The molecule has 2 aromatic carbocycles. The second kappa shape index (κ2) is 7.54. The molecule has 1 aromatic heterocycles. The highest BCUT2D eigenvalue weighted by Gasteiger charge is 2.42. The Morgan fingerprint density at radius 3 is 2.66 bits per heavy atom. The number of rotatable bonds is 5. The van der Waals surface area contributed by atoms with Crippen molar-refractivity contribution in [1.29, 1.82) is 0 Å². The highest BCUT2D eigenvalue weighted by atomic mass is 19.4. The van der Waals surface area contributed by atoms with Crippen LogP contribution in [0.25, 0.3) is 21.8 Å². The molecule has 0 bridgehead atoms. The van der Waals surface area contributed by atoms with E-state index in [1.165, 1.54) is 0 Å². The van der Waals surface area contributed by atoms with Gasteiger partial charge in [-0.25, -0.2) is 4.79 Å². The van der Waals surface area contributed by atoms with Gasteiger partial charge in [0.15, 0.2) is 0 Å². The van der Waals surface area contributed by atoms with Crippen molar-refractivity contribution in [3.8, 4) is 0 Å². The minimum Gasteiger partial charge on any atom is -0.339 e. The van der Waals surface area contributed by atoms with Crippen molar-refractivity contribution in [2.24, 2.45) is 11.1 Å². The number of halogens is 3. The third-order valence-electron chi connectivity index (χ3n) is 5.47. The summed E-state index contributed by atoms with van der Waals surface area (Å²) in [4.78, 5) is 15.6. The lowest BCUT2D eigenvalue weighted by atomic mass is 9.88. The zero-order chi connectivity index (χ0) is 20.6. The van der Waals surface area contributed by atoms with Gasteiger partial charge in [-0.3, -0.25) is 0 Å². The Hall–Kier alpha value is -2.83. The summed E-state index contributed by atoms with van der Waals surface area (Å²) in [5.74, 6) is -2.42. The topological polar surface area (TPSA) is 43.6 Å². The van der Waals surface area contributed by atoms with Gasteiger partial charge in [-0.05, 0) is 12.5 Å². The number of hydrogen-bond donors (Lipinski definition) is 0. The smallest absolute Gasteiger partial charge is 0.339 e. The van der Waals surface area contributed by atoms with Crippen LogP contribution in [0.15, 0.2) is 47.6 Å². The summed E-state index contributed by atoms with van der Waals surface area (Å²) in [6.07, 6.45) is -1.32. The van der Waals surface area contributed by atoms with Crippen LogP contribution in [0.1, 0.15) is 38.2 Å². The van der Waals surface area contributed by atoms with Crippen molar-refractivity contribution >= 4 is 33.5 Å². The average Bonchev–Trinajstić information content (AvgIpc) is 3.02. The van der Waals surface area contributed by atoms with Crippen LogP contribution in [-0.2, 0) is 16.2 Å². The minimum atomic E-state index is -5.07. The molecular formula is C22H21F3N2O2. The molecule has 0 N–H and O–H groups in total. The van der Waals surface area contributed by atoms with Crippen molar-refractivity contribution in [3.63, 3.8) is 0 Å². The van der Waals surface area contributed by atoms with Crippen molar-refractivity contribution < 1.29 is 22.8 Å². The second-order valence-corrected chi connectivity index (χ2v) is 7.38. The molecule has 4 nitrogen and oxygen atoms in total. The van der Waals surface area contributed by atoms with Crippen LogP contribution in [0.5, 0.6) is 0 Å². The molecule has 0 saturated heterocycles. The van der Waals surface area contributed by atoms with Crippen LogP contribution in [0, 0.1) is 5.92 Å². The molecule has 29 heavy (non-hydrogen) atoms. The van der Waals surface area contributed by atoms with Gasteiger partial charge in [-0.1, -0.05) is 67.7 Å². The first-order valence-electron chi connectivity index (χ1n) is 9.78. The van der Waals surface area contributed by atoms with E-state index in [0.29, 0.717) is 12.3 Å². The summed E-state index contributed by atoms with van der Waals surface area (Å²) in [5.41, 5.74) is 3.14. The largest absolute Gasteiger partial charge is 0.493 e. The normalized spacial score (nSPS) is 17.9. The first kappa shape index (κ1) is 19.5. The number of oxime groups is 1. The fourth-order valence-electron chi connectivity index (χ4n) is 4.17. The van der Waals surface area contributed by atoms with E-state index in [1.807, 2.05) is 42.5 Å². The maximum Gasteiger partial charge on any atom is 0.493 e.